The highest BCUT2D eigenvalue weighted by atomic mass is 32.1. The summed E-state index contributed by atoms with van der Waals surface area (Å²) in [5.41, 5.74) is 9.66. The summed E-state index contributed by atoms with van der Waals surface area (Å²) in [5.74, 6) is 0.186. The lowest BCUT2D eigenvalue weighted by Gasteiger charge is -2.30. The van der Waals surface area contributed by atoms with Crippen molar-refractivity contribution in [2.24, 2.45) is 11.1 Å². The Bertz CT molecular complexity index is 1180. The monoisotopic (exact) mass is 466 g/mol. The van der Waals surface area contributed by atoms with Crippen LogP contribution in [0.3, 0.4) is 0 Å². The van der Waals surface area contributed by atoms with Gasteiger partial charge < -0.3 is 15.6 Å². The van der Waals surface area contributed by atoms with Crippen LogP contribution in [0.1, 0.15) is 83.8 Å². The molecule has 5 rings (SSSR count). The molecule has 2 aliphatic rings. The molecule has 0 unspecified atom stereocenters. The Morgan fingerprint density at radius 2 is 1.91 bits per heavy atom. The van der Waals surface area contributed by atoms with Crippen LogP contribution in [0.4, 0.5) is 5.69 Å². The van der Waals surface area contributed by atoms with Crippen LogP contribution in [-0.4, -0.2) is 34.7 Å². The van der Waals surface area contributed by atoms with Crippen molar-refractivity contribution in [1.29, 1.82) is 0 Å². The van der Waals surface area contributed by atoms with Gasteiger partial charge >= 0.3 is 0 Å². The molecule has 1 saturated carbocycles. The molecule has 0 radical (unpaired) electrons. The predicted octanol–water partition coefficient (Wildman–Crippen LogP) is 5.68. The molecule has 0 atom stereocenters. The fourth-order valence-corrected chi connectivity index (χ4v) is 6.22. The van der Waals surface area contributed by atoms with E-state index in [1.807, 2.05) is 19.1 Å². The number of aryl methyl sites for hydroxylation is 1. The number of thiazole rings is 1. The molecule has 0 saturated heterocycles. The van der Waals surface area contributed by atoms with Crippen molar-refractivity contribution in [3.05, 3.63) is 40.0 Å². The molecule has 176 valence electrons. The molecule has 2 aliphatic carbocycles. The first-order valence-corrected chi connectivity index (χ1v) is 12.7. The Kier molecular flexibility index (Phi) is 6.73. The molecule has 2 aromatic heterocycles. The van der Waals surface area contributed by atoms with Gasteiger partial charge in [-0.2, -0.15) is 0 Å². The summed E-state index contributed by atoms with van der Waals surface area (Å²) >= 11 is 1.63. The van der Waals surface area contributed by atoms with Crippen LogP contribution >= 0.6 is 11.3 Å². The Morgan fingerprint density at radius 3 is 2.61 bits per heavy atom. The van der Waals surface area contributed by atoms with E-state index in [0.29, 0.717) is 18.0 Å². The lowest BCUT2D eigenvalue weighted by Crippen LogP contribution is -2.28. The highest BCUT2D eigenvalue weighted by Crippen LogP contribution is 2.43. The molecule has 6 nitrogen and oxygen atoms in total. The summed E-state index contributed by atoms with van der Waals surface area (Å²) in [4.78, 5) is 30.6. The molecule has 7 heteroatoms. The third-order valence-electron chi connectivity index (χ3n) is 6.67. The standard InChI is InChI=1S/C25H29N3O2S.CH5N/c1-15-26-23-22-20(12-25(2,3)13-21(22)30)28(24(23)31-15)18-10-9-16(14-29)19(11-18)27-17-7-5-4-6-8-17;1-2/h9-11,14,17,27H,4-8,12-13H2,1-3H3;2H2,1H3. The number of aldehydes is 1. The largest absolute Gasteiger partial charge is 0.382 e. The van der Waals surface area contributed by atoms with Crippen LogP contribution in [0.25, 0.3) is 16.0 Å². The molecular weight excluding hydrogens is 432 g/mol. The number of Topliss-reactive ketones (excluding diaryl/α,β-unsaturated/α-hetero) is 1. The molecule has 33 heavy (non-hydrogen) atoms. The van der Waals surface area contributed by atoms with Crippen LogP contribution in [0, 0.1) is 12.3 Å². The summed E-state index contributed by atoms with van der Waals surface area (Å²) in [5, 5.41) is 4.60. The highest BCUT2D eigenvalue weighted by Gasteiger charge is 2.37. The molecule has 0 amide bonds. The fourth-order valence-electron chi connectivity index (χ4n) is 5.25. The highest BCUT2D eigenvalue weighted by molar-refractivity contribution is 7.18. The van der Waals surface area contributed by atoms with Crippen molar-refractivity contribution in [3.63, 3.8) is 0 Å². The van der Waals surface area contributed by atoms with E-state index in [2.05, 4.69) is 35.5 Å². The van der Waals surface area contributed by atoms with Gasteiger partial charge in [-0.3, -0.25) is 9.59 Å². The summed E-state index contributed by atoms with van der Waals surface area (Å²) < 4.78 is 2.22. The second kappa shape index (κ2) is 9.39. The molecular formula is C26H34N4O2S. The number of hydrogen-bond donors (Lipinski definition) is 2. The number of hydrogen-bond acceptors (Lipinski definition) is 6. The van der Waals surface area contributed by atoms with Crippen LogP contribution < -0.4 is 11.1 Å². The van der Waals surface area contributed by atoms with Crippen LogP contribution in [-0.2, 0) is 6.42 Å². The number of carbonyl (C=O) groups excluding carboxylic acids is 2. The van der Waals surface area contributed by atoms with E-state index < -0.39 is 0 Å². The lowest BCUT2D eigenvalue weighted by molar-refractivity contribution is 0.0912. The number of ketones is 1. The van der Waals surface area contributed by atoms with Gasteiger partial charge in [0, 0.05) is 35.1 Å². The van der Waals surface area contributed by atoms with E-state index in [0.717, 1.165) is 63.5 Å². The zero-order valence-electron chi connectivity index (χ0n) is 20.0. The van der Waals surface area contributed by atoms with Gasteiger partial charge in [0.2, 0.25) is 0 Å². The maximum atomic E-state index is 13.1. The zero-order valence-corrected chi connectivity index (χ0v) is 20.8. The summed E-state index contributed by atoms with van der Waals surface area (Å²) in [6.07, 6.45) is 8.35. The van der Waals surface area contributed by atoms with E-state index in [1.54, 1.807) is 11.3 Å². The smallest absolute Gasteiger partial charge is 0.167 e. The maximum absolute atomic E-state index is 13.1. The average Bonchev–Trinajstić information content (AvgIpc) is 3.28. The molecule has 1 fully saturated rings. The predicted molar refractivity (Wildman–Crippen MR) is 136 cm³/mol. The van der Waals surface area contributed by atoms with Crippen LogP contribution in [0.2, 0.25) is 0 Å². The van der Waals surface area contributed by atoms with E-state index in [9.17, 15) is 9.59 Å². The van der Waals surface area contributed by atoms with Crippen molar-refractivity contribution < 1.29 is 9.59 Å². The van der Waals surface area contributed by atoms with Gasteiger partial charge in [-0.05, 0) is 56.8 Å². The molecule has 2 heterocycles. The molecule has 0 bridgehead atoms. The second-order valence-electron chi connectivity index (χ2n) is 9.85. The molecule has 0 aliphatic heterocycles. The Morgan fingerprint density at radius 1 is 1.18 bits per heavy atom. The van der Waals surface area contributed by atoms with Crippen molar-refractivity contribution in [2.45, 2.75) is 71.8 Å². The number of nitrogens with zero attached hydrogens (tertiary/aromatic N) is 2. The maximum Gasteiger partial charge on any atom is 0.167 e. The second-order valence-corrected chi connectivity index (χ2v) is 11.0. The van der Waals surface area contributed by atoms with Crippen molar-refractivity contribution in [1.82, 2.24) is 9.55 Å². The minimum Gasteiger partial charge on any atom is -0.382 e. The molecule has 3 N–H and O–H groups in total. The number of fused-ring (bicyclic) bond motifs is 3. The van der Waals surface area contributed by atoms with Gasteiger partial charge in [0.05, 0.1) is 10.6 Å². The van der Waals surface area contributed by atoms with Gasteiger partial charge in [-0.1, -0.05) is 33.1 Å². The zero-order chi connectivity index (χ0) is 23.8. The number of nitrogens with one attached hydrogen (secondary N) is 1. The van der Waals surface area contributed by atoms with Crippen molar-refractivity contribution >= 4 is 39.4 Å². The van der Waals surface area contributed by atoms with Crippen molar-refractivity contribution in [3.8, 4) is 5.69 Å². The molecule has 3 aromatic rings. The average molecular weight is 467 g/mol. The third kappa shape index (κ3) is 4.49. The first-order chi connectivity index (χ1) is 15.9. The summed E-state index contributed by atoms with van der Waals surface area (Å²) in [6.45, 7) is 6.30. The number of carbonyl (C=O) groups is 2. The van der Waals surface area contributed by atoms with Gasteiger partial charge in [0.15, 0.2) is 12.1 Å². The van der Waals surface area contributed by atoms with Crippen LogP contribution in [0.5, 0.6) is 0 Å². The van der Waals surface area contributed by atoms with E-state index >= 15 is 0 Å². The minimum absolute atomic E-state index is 0.0801. The topological polar surface area (TPSA) is 90.0 Å². The van der Waals surface area contributed by atoms with E-state index in [1.165, 1.54) is 26.3 Å². The SMILES string of the molecule is CN.Cc1nc2c3c(n(-c4ccc(C=O)c(NC5CCCCC5)c4)c2s1)CC(C)(C)CC3=O. The van der Waals surface area contributed by atoms with Crippen LogP contribution in [0.15, 0.2) is 18.2 Å². The lowest BCUT2D eigenvalue weighted by atomic mass is 9.76. The van der Waals surface area contributed by atoms with E-state index in [4.69, 9.17) is 4.98 Å². The van der Waals surface area contributed by atoms with Gasteiger partial charge in [0.1, 0.15) is 10.3 Å². The first kappa shape index (κ1) is 23.6. The Balaban J connectivity index is 0.00000126. The normalized spacial score (nSPS) is 17.9. The van der Waals surface area contributed by atoms with Gasteiger partial charge in [-0.25, -0.2) is 4.98 Å². The van der Waals surface area contributed by atoms with Gasteiger partial charge in [-0.15, -0.1) is 11.3 Å². The number of aromatic nitrogens is 2. The number of rotatable bonds is 4. The number of nitrogens with two attached hydrogens (primary N) is 1. The molecule has 1 aromatic carbocycles. The minimum atomic E-state index is -0.0801. The van der Waals surface area contributed by atoms with Gasteiger partial charge in [0.25, 0.3) is 0 Å². The fraction of sp³-hybridized carbons (Fsp3) is 0.500. The van der Waals surface area contributed by atoms with Crippen molar-refractivity contribution in [2.75, 3.05) is 12.4 Å². The number of benzene rings is 1. The summed E-state index contributed by atoms with van der Waals surface area (Å²) in [6, 6.07) is 6.39. The summed E-state index contributed by atoms with van der Waals surface area (Å²) in [7, 11) is 1.50. The number of anilines is 1. The third-order valence-corrected chi connectivity index (χ3v) is 7.62. The Labute approximate surface area is 199 Å². The van der Waals surface area contributed by atoms with E-state index in [-0.39, 0.29) is 11.2 Å². The first-order valence-electron chi connectivity index (χ1n) is 11.8. The quantitative estimate of drug-likeness (QED) is 0.483. The molecule has 0 spiro atoms. The Hall–Kier alpha value is -2.51.